The molecule has 5 unspecified atom stereocenters. The lowest BCUT2D eigenvalue weighted by atomic mass is 10.0. The topological polar surface area (TPSA) is 250 Å². The van der Waals surface area contributed by atoms with Gasteiger partial charge < -0.3 is 47.7 Å². The number of nitrogens with two attached hydrogens (primary N) is 2. The van der Waals surface area contributed by atoms with Gasteiger partial charge in [-0.2, -0.15) is 0 Å². The molecule has 0 saturated carbocycles. The van der Waals surface area contributed by atoms with Gasteiger partial charge in [-0.25, -0.2) is 4.79 Å². The van der Waals surface area contributed by atoms with E-state index in [4.69, 9.17) is 16.6 Å². The van der Waals surface area contributed by atoms with Gasteiger partial charge in [0.05, 0.1) is 12.1 Å². The van der Waals surface area contributed by atoms with Crippen LogP contribution in [0.3, 0.4) is 0 Å². The summed E-state index contributed by atoms with van der Waals surface area (Å²) in [5.41, 5.74) is 12.8. The van der Waals surface area contributed by atoms with E-state index in [1.165, 1.54) is 6.92 Å². The van der Waals surface area contributed by atoms with Crippen molar-refractivity contribution in [3.05, 3.63) is 36.0 Å². The summed E-state index contributed by atoms with van der Waals surface area (Å²) < 4.78 is 0. The SMILES string of the molecule is CC(O)C(NC(=O)C(N)CCCCN)C(=O)NC(Cc1c[nH]c2ccccc12)C(=O)NC(CCC(=O)O)C(=O)O. The number of carboxylic acid groups (broad SMARTS) is 2. The maximum absolute atomic E-state index is 13.2. The summed E-state index contributed by atoms with van der Waals surface area (Å²) in [6, 6.07) is 1.94. The molecule has 0 bridgehead atoms. The number of carbonyl (C=O) groups excluding carboxylic acids is 3. The summed E-state index contributed by atoms with van der Waals surface area (Å²) >= 11 is 0. The van der Waals surface area contributed by atoms with Gasteiger partial charge in [0, 0.05) is 29.9 Å². The van der Waals surface area contributed by atoms with Crippen LogP contribution in [0.25, 0.3) is 10.9 Å². The molecule has 14 heteroatoms. The number of aromatic nitrogens is 1. The number of H-pyrrole nitrogens is 1. The number of nitrogens with one attached hydrogen (secondary N) is 4. The lowest BCUT2D eigenvalue weighted by molar-refractivity contribution is -0.143. The van der Waals surface area contributed by atoms with Gasteiger partial charge in [-0.1, -0.05) is 24.6 Å². The van der Waals surface area contributed by atoms with Crippen LogP contribution in [-0.2, 0) is 30.4 Å². The van der Waals surface area contributed by atoms with Gasteiger partial charge in [-0.3, -0.25) is 19.2 Å². The Bertz CT molecular complexity index is 1180. The van der Waals surface area contributed by atoms with Crippen molar-refractivity contribution in [3.63, 3.8) is 0 Å². The van der Waals surface area contributed by atoms with Crippen molar-refractivity contribution in [2.45, 2.75) is 75.7 Å². The van der Waals surface area contributed by atoms with Crippen LogP contribution in [0, 0.1) is 0 Å². The molecule has 0 radical (unpaired) electrons. The Balaban J connectivity index is 2.26. The number of aromatic amines is 1. The highest BCUT2D eigenvalue weighted by Gasteiger charge is 2.33. The third-order valence-corrected chi connectivity index (χ3v) is 6.36. The van der Waals surface area contributed by atoms with E-state index in [0.29, 0.717) is 31.4 Å². The predicted molar refractivity (Wildman–Crippen MR) is 145 cm³/mol. The zero-order valence-corrected chi connectivity index (χ0v) is 22.3. The van der Waals surface area contributed by atoms with Gasteiger partial charge in [0.25, 0.3) is 0 Å². The number of para-hydroxylation sites is 1. The molecule has 2 aromatic rings. The molecule has 5 atom stereocenters. The average Bonchev–Trinajstić information content (AvgIpc) is 3.31. The number of unbranched alkanes of at least 4 members (excludes halogenated alkanes) is 1. The Morgan fingerprint density at radius 1 is 0.925 bits per heavy atom. The molecule has 0 aliphatic rings. The van der Waals surface area contributed by atoms with Crippen molar-refractivity contribution in [2.24, 2.45) is 11.5 Å². The monoisotopic (exact) mass is 562 g/mol. The number of fused-ring (bicyclic) bond motifs is 1. The molecule has 1 heterocycles. The summed E-state index contributed by atoms with van der Waals surface area (Å²) in [5, 5.41) is 36.6. The fraction of sp³-hybridized carbons (Fsp3) is 0.500. The highest BCUT2D eigenvalue weighted by molar-refractivity contribution is 5.95. The minimum Gasteiger partial charge on any atom is -0.481 e. The number of carbonyl (C=O) groups is 5. The van der Waals surface area contributed by atoms with Crippen LogP contribution in [-0.4, -0.2) is 86.8 Å². The van der Waals surface area contributed by atoms with Gasteiger partial charge in [0.1, 0.15) is 18.1 Å². The first-order chi connectivity index (χ1) is 18.9. The average molecular weight is 563 g/mol. The third kappa shape index (κ3) is 9.63. The quantitative estimate of drug-likeness (QED) is 0.106. The second-order valence-electron chi connectivity index (χ2n) is 9.57. The van der Waals surface area contributed by atoms with E-state index >= 15 is 0 Å². The Morgan fingerprint density at radius 2 is 1.60 bits per heavy atom. The standard InChI is InChI=1S/C26H38N6O8/c1-14(33)22(32-23(36)17(28)7-4-5-11-27)25(38)31-20(12-15-13-29-18-8-3-2-6-16(15)18)24(37)30-19(26(39)40)9-10-21(34)35/h2-3,6,8,13-14,17,19-20,22,29,33H,4-5,7,9-12,27-28H2,1H3,(H,30,37)(H,31,38)(H,32,36)(H,34,35)(H,39,40). The normalized spacial score (nSPS) is 14.9. The van der Waals surface area contributed by atoms with Crippen LogP contribution >= 0.6 is 0 Å². The zero-order chi connectivity index (χ0) is 29.8. The van der Waals surface area contributed by atoms with Crippen molar-refractivity contribution >= 4 is 40.6 Å². The fourth-order valence-corrected chi connectivity index (χ4v) is 4.09. The predicted octanol–water partition coefficient (Wildman–Crippen LogP) is -1.05. The molecule has 0 aliphatic heterocycles. The van der Waals surface area contributed by atoms with Crippen molar-refractivity contribution in [1.82, 2.24) is 20.9 Å². The van der Waals surface area contributed by atoms with E-state index in [0.717, 1.165) is 10.9 Å². The number of rotatable bonds is 17. The zero-order valence-electron chi connectivity index (χ0n) is 22.3. The van der Waals surface area contributed by atoms with E-state index < -0.39 is 66.4 Å². The molecule has 220 valence electrons. The van der Waals surface area contributed by atoms with Crippen LogP contribution in [0.2, 0.25) is 0 Å². The first kappa shape index (κ1) is 32.2. The minimum atomic E-state index is -1.52. The molecule has 14 nitrogen and oxygen atoms in total. The van der Waals surface area contributed by atoms with E-state index in [-0.39, 0.29) is 12.8 Å². The molecule has 2 rings (SSSR count). The van der Waals surface area contributed by atoms with E-state index in [9.17, 15) is 34.2 Å². The molecule has 3 amide bonds. The molecule has 0 saturated heterocycles. The molecule has 1 aromatic carbocycles. The summed E-state index contributed by atoms with van der Waals surface area (Å²) in [4.78, 5) is 64.7. The Hall–Kier alpha value is -4.01. The molecular formula is C26H38N6O8. The van der Waals surface area contributed by atoms with Crippen LogP contribution in [0.1, 0.15) is 44.6 Å². The van der Waals surface area contributed by atoms with Crippen LogP contribution in [0.5, 0.6) is 0 Å². The lowest BCUT2D eigenvalue weighted by Crippen LogP contribution is -2.60. The minimum absolute atomic E-state index is 0.0774. The number of aliphatic carboxylic acids is 2. The van der Waals surface area contributed by atoms with Gasteiger partial charge in [-0.15, -0.1) is 0 Å². The van der Waals surface area contributed by atoms with Crippen molar-refractivity contribution in [3.8, 4) is 0 Å². The number of carboxylic acids is 2. The smallest absolute Gasteiger partial charge is 0.326 e. The second kappa shape index (κ2) is 15.5. The van der Waals surface area contributed by atoms with E-state index in [2.05, 4.69) is 20.9 Å². The Labute approximate surface area is 230 Å². The lowest BCUT2D eigenvalue weighted by Gasteiger charge is -2.26. The first-order valence-corrected chi connectivity index (χ1v) is 13.0. The van der Waals surface area contributed by atoms with Crippen LogP contribution < -0.4 is 27.4 Å². The summed E-state index contributed by atoms with van der Waals surface area (Å²) in [5.74, 6) is -5.12. The van der Waals surface area contributed by atoms with Crippen LogP contribution in [0.15, 0.2) is 30.5 Å². The molecule has 1 aromatic heterocycles. The van der Waals surface area contributed by atoms with Crippen molar-refractivity contribution in [1.29, 1.82) is 0 Å². The van der Waals surface area contributed by atoms with Crippen molar-refractivity contribution in [2.75, 3.05) is 6.54 Å². The third-order valence-electron chi connectivity index (χ3n) is 6.36. The number of benzene rings is 1. The number of hydrogen-bond donors (Lipinski definition) is 9. The van der Waals surface area contributed by atoms with Gasteiger partial charge in [0.15, 0.2) is 0 Å². The molecule has 11 N–H and O–H groups in total. The highest BCUT2D eigenvalue weighted by atomic mass is 16.4. The molecule has 0 aliphatic carbocycles. The first-order valence-electron chi connectivity index (χ1n) is 13.0. The fourth-order valence-electron chi connectivity index (χ4n) is 4.09. The highest BCUT2D eigenvalue weighted by Crippen LogP contribution is 2.19. The number of hydrogen-bond acceptors (Lipinski definition) is 8. The second-order valence-corrected chi connectivity index (χ2v) is 9.57. The Morgan fingerprint density at radius 3 is 2.23 bits per heavy atom. The number of amides is 3. The molecular weight excluding hydrogens is 524 g/mol. The van der Waals surface area contributed by atoms with Gasteiger partial charge in [-0.05, 0) is 44.4 Å². The van der Waals surface area contributed by atoms with E-state index in [1.807, 2.05) is 12.1 Å². The van der Waals surface area contributed by atoms with Gasteiger partial charge in [0.2, 0.25) is 17.7 Å². The maximum atomic E-state index is 13.2. The number of aliphatic hydroxyl groups excluding tert-OH is 1. The Kier molecular flexibility index (Phi) is 12.5. The molecule has 40 heavy (non-hydrogen) atoms. The van der Waals surface area contributed by atoms with Crippen molar-refractivity contribution < 1.29 is 39.3 Å². The number of aliphatic hydroxyl groups is 1. The molecule has 0 fully saturated rings. The molecule has 0 spiro atoms. The summed E-state index contributed by atoms with van der Waals surface area (Å²) in [7, 11) is 0. The summed E-state index contributed by atoms with van der Waals surface area (Å²) in [6.07, 6.45) is 0.897. The maximum Gasteiger partial charge on any atom is 0.326 e. The van der Waals surface area contributed by atoms with Crippen LogP contribution in [0.4, 0.5) is 0 Å². The van der Waals surface area contributed by atoms with Gasteiger partial charge >= 0.3 is 11.9 Å². The summed E-state index contributed by atoms with van der Waals surface area (Å²) in [6.45, 7) is 1.72. The van der Waals surface area contributed by atoms with E-state index in [1.54, 1.807) is 18.3 Å². The largest absolute Gasteiger partial charge is 0.481 e.